The molecule has 5 atom stereocenters. The highest BCUT2D eigenvalue weighted by Crippen LogP contribution is 2.59. The Morgan fingerprint density at radius 3 is 2.79 bits per heavy atom. The molecule has 80 valence electrons. The standard InChI is InChI=1S/C12H20O2/c13-4-5-14-12-7-8-6-11(12)10-3-1-2-9(8)10/h8-13H,1-7H2. The normalized spacial score (nSPS) is 49.9. The summed E-state index contributed by atoms with van der Waals surface area (Å²) in [5.41, 5.74) is 0. The number of hydrogen-bond donors (Lipinski definition) is 1. The number of fused-ring (bicyclic) bond motifs is 5. The second-order valence-corrected chi connectivity index (χ2v) is 5.29. The number of rotatable bonds is 3. The minimum absolute atomic E-state index is 0.183. The summed E-state index contributed by atoms with van der Waals surface area (Å²) in [5.74, 6) is 3.85. The van der Waals surface area contributed by atoms with Gasteiger partial charge in [-0.1, -0.05) is 6.42 Å². The summed E-state index contributed by atoms with van der Waals surface area (Å²) in [6, 6.07) is 0. The molecule has 0 saturated heterocycles. The Morgan fingerprint density at radius 2 is 1.93 bits per heavy atom. The lowest BCUT2D eigenvalue weighted by Crippen LogP contribution is -2.31. The average Bonchev–Trinajstić information content (AvgIpc) is 2.85. The molecule has 3 aliphatic rings. The van der Waals surface area contributed by atoms with Gasteiger partial charge in [0.25, 0.3) is 0 Å². The van der Waals surface area contributed by atoms with Gasteiger partial charge in [-0.2, -0.15) is 0 Å². The maximum atomic E-state index is 8.76. The summed E-state index contributed by atoms with van der Waals surface area (Å²) in [7, 11) is 0. The molecule has 0 heterocycles. The summed E-state index contributed by atoms with van der Waals surface area (Å²) in [6.07, 6.45) is 7.59. The van der Waals surface area contributed by atoms with Crippen LogP contribution in [0.15, 0.2) is 0 Å². The summed E-state index contributed by atoms with van der Waals surface area (Å²) >= 11 is 0. The van der Waals surface area contributed by atoms with Gasteiger partial charge in [-0.3, -0.25) is 0 Å². The molecule has 14 heavy (non-hydrogen) atoms. The van der Waals surface area contributed by atoms with Crippen LogP contribution >= 0.6 is 0 Å². The number of aliphatic hydroxyl groups is 1. The maximum absolute atomic E-state index is 8.76. The average molecular weight is 196 g/mol. The van der Waals surface area contributed by atoms with Crippen molar-refractivity contribution in [2.75, 3.05) is 13.2 Å². The predicted molar refractivity (Wildman–Crippen MR) is 53.9 cm³/mol. The molecule has 0 amide bonds. The van der Waals surface area contributed by atoms with E-state index in [-0.39, 0.29) is 6.61 Å². The molecule has 0 aliphatic heterocycles. The van der Waals surface area contributed by atoms with Crippen LogP contribution in [-0.4, -0.2) is 24.4 Å². The van der Waals surface area contributed by atoms with Crippen LogP contribution in [0.4, 0.5) is 0 Å². The molecule has 3 saturated carbocycles. The van der Waals surface area contributed by atoms with Crippen LogP contribution in [0.3, 0.4) is 0 Å². The summed E-state index contributed by atoms with van der Waals surface area (Å²) in [4.78, 5) is 0. The van der Waals surface area contributed by atoms with Gasteiger partial charge in [-0.05, 0) is 49.4 Å². The number of hydrogen-bond acceptors (Lipinski definition) is 2. The molecule has 0 spiro atoms. The molecule has 0 aromatic carbocycles. The van der Waals surface area contributed by atoms with E-state index in [9.17, 15) is 0 Å². The molecular weight excluding hydrogens is 176 g/mol. The van der Waals surface area contributed by atoms with Crippen LogP contribution in [0, 0.1) is 23.7 Å². The van der Waals surface area contributed by atoms with Crippen molar-refractivity contribution >= 4 is 0 Å². The maximum Gasteiger partial charge on any atom is 0.0701 e. The Labute approximate surface area is 85.6 Å². The van der Waals surface area contributed by atoms with E-state index in [4.69, 9.17) is 9.84 Å². The van der Waals surface area contributed by atoms with Crippen molar-refractivity contribution < 1.29 is 9.84 Å². The molecule has 3 fully saturated rings. The molecular formula is C12H20O2. The zero-order valence-electron chi connectivity index (χ0n) is 8.69. The SMILES string of the molecule is OCCOC1CC2CC1C1CCCC21. The Morgan fingerprint density at radius 1 is 1.07 bits per heavy atom. The first kappa shape index (κ1) is 9.17. The Hall–Kier alpha value is -0.0800. The van der Waals surface area contributed by atoms with Crippen LogP contribution in [-0.2, 0) is 4.74 Å². The van der Waals surface area contributed by atoms with E-state index >= 15 is 0 Å². The molecule has 5 unspecified atom stereocenters. The Balaban J connectivity index is 1.65. The predicted octanol–water partition coefficient (Wildman–Crippen LogP) is 1.82. The smallest absolute Gasteiger partial charge is 0.0701 e. The molecule has 2 heteroatoms. The second-order valence-electron chi connectivity index (χ2n) is 5.29. The fourth-order valence-corrected chi connectivity index (χ4v) is 4.40. The number of ether oxygens (including phenoxy) is 1. The fourth-order valence-electron chi connectivity index (χ4n) is 4.40. The van der Waals surface area contributed by atoms with Crippen molar-refractivity contribution in [3.05, 3.63) is 0 Å². The lowest BCUT2D eigenvalue weighted by atomic mass is 9.80. The molecule has 2 bridgehead atoms. The molecule has 0 aromatic rings. The van der Waals surface area contributed by atoms with Crippen molar-refractivity contribution in [3.8, 4) is 0 Å². The van der Waals surface area contributed by atoms with Gasteiger partial charge in [0.05, 0.1) is 19.3 Å². The van der Waals surface area contributed by atoms with Gasteiger partial charge < -0.3 is 9.84 Å². The van der Waals surface area contributed by atoms with E-state index < -0.39 is 0 Å². The lowest BCUT2D eigenvalue weighted by Gasteiger charge is -2.31. The van der Waals surface area contributed by atoms with Crippen molar-refractivity contribution in [2.45, 2.75) is 38.2 Å². The monoisotopic (exact) mass is 196 g/mol. The van der Waals surface area contributed by atoms with E-state index in [0.29, 0.717) is 12.7 Å². The molecule has 0 aromatic heterocycles. The Bertz CT molecular complexity index is 216. The third-order valence-corrected chi connectivity index (χ3v) is 4.79. The lowest BCUT2D eigenvalue weighted by molar-refractivity contribution is -0.0238. The summed E-state index contributed by atoms with van der Waals surface area (Å²) in [6.45, 7) is 0.729. The minimum atomic E-state index is 0.183. The first-order valence-electron chi connectivity index (χ1n) is 6.12. The quantitative estimate of drug-likeness (QED) is 0.746. The van der Waals surface area contributed by atoms with Gasteiger partial charge in [0.2, 0.25) is 0 Å². The van der Waals surface area contributed by atoms with E-state index in [2.05, 4.69) is 0 Å². The zero-order valence-corrected chi connectivity index (χ0v) is 8.69. The van der Waals surface area contributed by atoms with Crippen LogP contribution < -0.4 is 0 Å². The van der Waals surface area contributed by atoms with Crippen molar-refractivity contribution in [1.82, 2.24) is 0 Å². The van der Waals surface area contributed by atoms with Crippen LogP contribution in [0.25, 0.3) is 0 Å². The van der Waals surface area contributed by atoms with Crippen molar-refractivity contribution in [2.24, 2.45) is 23.7 Å². The molecule has 1 N–H and O–H groups in total. The van der Waals surface area contributed by atoms with Crippen molar-refractivity contribution in [1.29, 1.82) is 0 Å². The highest BCUT2D eigenvalue weighted by molar-refractivity contribution is 5.03. The topological polar surface area (TPSA) is 29.5 Å². The van der Waals surface area contributed by atoms with Crippen LogP contribution in [0.5, 0.6) is 0 Å². The van der Waals surface area contributed by atoms with Gasteiger partial charge in [0, 0.05) is 0 Å². The van der Waals surface area contributed by atoms with Gasteiger partial charge >= 0.3 is 0 Å². The van der Waals surface area contributed by atoms with Crippen LogP contribution in [0.1, 0.15) is 32.1 Å². The molecule has 0 radical (unpaired) electrons. The number of aliphatic hydroxyl groups excluding tert-OH is 1. The minimum Gasteiger partial charge on any atom is -0.394 e. The Kier molecular flexibility index (Phi) is 2.29. The third kappa shape index (κ3) is 1.24. The first-order valence-corrected chi connectivity index (χ1v) is 6.12. The van der Waals surface area contributed by atoms with E-state index in [1.165, 1.54) is 32.1 Å². The highest BCUT2D eigenvalue weighted by atomic mass is 16.5. The van der Waals surface area contributed by atoms with Crippen molar-refractivity contribution in [3.63, 3.8) is 0 Å². The highest BCUT2D eigenvalue weighted by Gasteiger charge is 2.54. The van der Waals surface area contributed by atoms with Gasteiger partial charge in [-0.15, -0.1) is 0 Å². The van der Waals surface area contributed by atoms with Gasteiger partial charge in [0.15, 0.2) is 0 Å². The van der Waals surface area contributed by atoms with E-state index in [1.54, 1.807) is 0 Å². The van der Waals surface area contributed by atoms with Gasteiger partial charge in [-0.25, -0.2) is 0 Å². The van der Waals surface area contributed by atoms with Crippen LogP contribution in [0.2, 0.25) is 0 Å². The third-order valence-electron chi connectivity index (χ3n) is 4.79. The molecule has 3 aliphatic carbocycles. The van der Waals surface area contributed by atoms with E-state index in [0.717, 1.165) is 23.7 Å². The largest absolute Gasteiger partial charge is 0.394 e. The summed E-state index contributed by atoms with van der Waals surface area (Å²) < 4.78 is 5.74. The zero-order chi connectivity index (χ0) is 9.54. The summed E-state index contributed by atoms with van der Waals surface area (Å²) in [5, 5.41) is 8.76. The molecule has 2 nitrogen and oxygen atoms in total. The van der Waals surface area contributed by atoms with Gasteiger partial charge in [0.1, 0.15) is 0 Å². The van der Waals surface area contributed by atoms with E-state index in [1.807, 2.05) is 0 Å². The second kappa shape index (κ2) is 3.49. The fraction of sp³-hybridized carbons (Fsp3) is 1.00. The first-order chi connectivity index (χ1) is 6.90. The molecule has 3 rings (SSSR count).